The van der Waals surface area contributed by atoms with Crippen molar-refractivity contribution in [2.24, 2.45) is 0 Å². The predicted octanol–water partition coefficient (Wildman–Crippen LogP) is -1.75. The highest BCUT2D eigenvalue weighted by Gasteiger charge is 2.12. The van der Waals surface area contributed by atoms with E-state index in [-0.39, 0.29) is 12.6 Å². The minimum Gasteiger partial charge on any atom is -0.484 e. The van der Waals surface area contributed by atoms with E-state index in [1.807, 2.05) is 0 Å². The van der Waals surface area contributed by atoms with Crippen LogP contribution in [0.15, 0.2) is 6.20 Å². The number of nitrogens with zero attached hydrogens (tertiary/aromatic N) is 1. The largest absolute Gasteiger partial charge is 0.709 e. The van der Waals surface area contributed by atoms with Gasteiger partial charge in [-0.05, 0) is 0 Å². The zero-order valence-corrected chi connectivity index (χ0v) is 5.56. The van der Waals surface area contributed by atoms with Gasteiger partial charge in [-0.3, -0.25) is 0 Å². The molecule has 7 heteroatoms. The van der Waals surface area contributed by atoms with E-state index in [1.54, 1.807) is 0 Å². The third-order valence-electron chi connectivity index (χ3n) is 0.993. The second-order valence-electron chi connectivity index (χ2n) is 1.82. The van der Waals surface area contributed by atoms with Gasteiger partial charge in [-0.25, -0.2) is 4.98 Å². The maximum Gasteiger partial charge on any atom is 0.709 e. The Balaban J connectivity index is 2.58. The summed E-state index contributed by atoms with van der Waals surface area (Å²) in [5.41, 5.74) is 0.445. The molecule has 11 heavy (non-hydrogen) atoms. The fourth-order valence-electron chi connectivity index (χ4n) is 0.579. The molecule has 6 nitrogen and oxygen atoms in total. The molecule has 0 aliphatic carbocycles. The summed E-state index contributed by atoms with van der Waals surface area (Å²) in [6.07, 6.45) is 1.33. The van der Waals surface area contributed by atoms with Crippen LogP contribution in [0, 0.1) is 0 Å². The van der Waals surface area contributed by atoms with E-state index < -0.39 is 7.32 Å². The Bertz CT molecular complexity index is 226. The van der Waals surface area contributed by atoms with Gasteiger partial charge < -0.3 is 24.8 Å². The van der Waals surface area contributed by atoms with Gasteiger partial charge in [0.1, 0.15) is 0 Å². The van der Waals surface area contributed by atoms with Gasteiger partial charge in [0.2, 0.25) is 0 Å². The molecule has 0 saturated heterocycles. The van der Waals surface area contributed by atoms with Crippen LogP contribution in [-0.2, 0) is 6.61 Å². The summed E-state index contributed by atoms with van der Waals surface area (Å²) in [4.78, 5) is 6.06. The van der Waals surface area contributed by atoms with Gasteiger partial charge in [0, 0.05) is 0 Å². The zero-order chi connectivity index (χ0) is 8.27. The Labute approximate surface area is 62.6 Å². The second kappa shape index (κ2) is 3.38. The number of hydrogen-bond acceptors (Lipinski definition) is 5. The molecule has 4 N–H and O–H groups in total. The summed E-state index contributed by atoms with van der Waals surface area (Å²) in [5.74, 6) is 0. The molecule has 0 atom stereocenters. The average Bonchev–Trinajstić information content (AvgIpc) is 2.34. The number of aliphatic hydroxyl groups excluding tert-OH is 1. The SMILES string of the molecule is OCc1cnc(OB(O)O)[nH]1. The molecule has 1 rings (SSSR count). The van der Waals surface area contributed by atoms with Crippen LogP contribution in [-0.4, -0.2) is 32.4 Å². The van der Waals surface area contributed by atoms with Crippen molar-refractivity contribution >= 4 is 7.32 Å². The molecule has 60 valence electrons. The normalized spacial score (nSPS) is 9.73. The first-order valence-corrected chi connectivity index (χ1v) is 2.90. The summed E-state index contributed by atoms with van der Waals surface area (Å²) in [7, 11) is -1.90. The number of hydrogen-bond donors (Lipinski definition) is 4. The van der Waals surface area contributed by atoms with Crippen LogP contribution in [0.3, 0.4) is 0 Å². The van der Waals surface area contributed by atoms with Crippen LogP contribution < -0.4 is 4.65 Å². The molecule has 0 unspecified atom stereocenters. The van der Waals surface area contributed by atoms with Crippen LogP contribution in [0.5, 0.6) is 6.01 Å². The van der Waals surface area contributed by atoms with Crippen LogP contribution in [0.25, 0.3) is 0 Å². The first kappa shape index (κ1) is 8.06. The molecule has 0 aliphatic heterocycles. The first-order chi connectivity index (χ1) is 5.22. The lowest BCUT2D eigenvalue weighted by Crippen LogP contribution is -2.21. The van der Waals surface area contributed by atoms with Crippen LogP contribution in [0.4, 0.5) is 0 Å². The molecule has 0 aromatic carbocycles. The summed E-state index contributed by atoms with van der Waals surface area (Å²) >= 11 is 0. The van der Waals surface area contributed by atoms with Crippen molar-refractivity contribution < 1.29 is 19.8 Å². The predicted molar refractivity (Wildman–Crippen MR) is 35.3 cm³/mol. The number of aliphatic hydroxyl groups is 1. The molecule has 0 amide bonds. The number of H-pyrrole nitrogens is 1. The van der Waals surface area contributed by atoms with Gasteiger partial charge in [-0.15, -0.1) is 0 Å². The van der Waals surface area contributed by atoms with Crippen molar-refractivity contribution in [2.45, 2.75) is 6.61 Å². The Morgan fingerprint density at radius 1 is 1.64 bits per heavy atom. The molecule has 0 spiro atoms. The van der Waals surface area contributed by atoms with Crippen molar-refractivity contribution in [2.75, 3.05) is 0 Å². The van der Waals surface area contributed by atoms with Gasteiger partial charge in [-0.2, -0.15) is 0 Å². The molecule has 0 radical (unpaired) electrons. The number of nitrogens with one attached hydrogen (secondary N) is 1. The Kier molecular flexibility index (Phi) is 2.47. The highest BCUT2D eigenvalue weighted by molar-refractivity contribution is 6.33. The van der Waals surface area contributed by atoms with Crippen LogP contribution in [0.1, 0.15) is 5.69 Å². The van der Waals surface area contributed by atoms with Crippen molar-refractivity contribution in [1.82, 2.24) is 9.97 Å². The molecule has 0 bridgehead atoms. The van der Waals surface area contributed by atoms with E-state index in [1.165, 1.54) is 6.20 Å². The monoisotopic (exact) mass is 158 g/mol. The third-order valence-corrected chi connectivity index (χ3v) is 0.993. The van der Waals surface area contributed by atoms with Crippen molar-refractivity contribution in [1.29, 1.82) is 0 Å². The highest BCUT2D eigenvalue weighted by atomic mass is 16.6. The van der Waals surface area contributed by atoms with Crippen molar-refractivity contribution in [3.8, 4) is 6.01 Å². The van der Waals surface area contributed by atoms with E-state index >= 15 is 0 Å². The van der Waals surface area contributed by atoms with E-state index in [4.69, 9.17) is 15.2 Å². The van der Waals surface area contributed by atoms with Crippen molar-refractivity contribution in [3.05, 3.63) is 11.9 Å². The Hall–Kier alpha value is -1.05. The summed E-state index contributed by atoms with van der Waals surface area (Å²) in [6, 6.07) is -0.0379. The maximum absolute atomic E-state index is 8.53. The summed E-state index contributed by atoms with van der Waals surface area (Å²) < 4.78 is 4.33. The van der Waals surface area contributed by atoms with Gasteiger partial charge in [0.05, 0.1) is 18.5 Å². The quantitative estimate of drug-likeness (QED) is 0.391. The van der Waals surface area contributed by atoms with Gasteiger partial charge in [0.25, 0.3) is 6.01 Å². The first-order valence-electron chi connectivity index (χ1n) is 2.90. The molecule has 1 aromatic rings. The van der Waals surface area contributed by atoms with E-state index in [9.17, 15) is 0 Å². The molecule has 0 saturated carbocycles. The second-order valence-corrected chi connectivity index (χ2v) is 1.82. The van der Waals surface area contributed by atoms with E-state index in [2.05, 4.69) is 14.6 Å². The minimum absolute atomic E-state index is 0.0379. The third kappa shape index (κ3) is 2.22. The standard InChI is InChI=1S/C4H7BN2O4/c8-2-3-1-6-4(7-3)11-5(9)10/h1,8-10H,2H2,(H,6,7). The lowest BCUT2D eigenvalue weighted by atomic mass is 10.3. The van der Waals surface area contributed by atoms with Gasteiger partial charge in [0.15, 0.2) is 0 Å². The molecule has 0 fully saturated rings. The van der Waals surface area contributed by atoms with E-state index in [0.29, 0.717) is 5.69 Å². The van der Waals surface area contributed by atoms with Gasteiger partial charge >= 0.3 is 7.32 Å². The average molecular weight is 158 g/mol. The fraction of sp³-hybridized carbons (Fsp3) is 0.250. The fourth-order valence-corrected chi connectivity index (χ4v) is 0.579. The maximum atomic E-state index is 8.53. The zero-order valence-electron chi connectivity index (χ0n) is 5.56. The number of imidazole rings is 1. The lowest BCUT2D eigenvalue weighted by Gasteiger charge is -1.97. The number of aromatic amines is 1. The molecule has 1 heterocycles. The summed E-state index contributed by atoms with van der Waals surface area (Å²) in [6.45, 7) is -0.197. The lowest BCUT2D eigenvalue weighted by molar-refractivity contribution is 0.269. The smallest absolute Gasteiger partial charge is 0.484 e. The molecule has 1 aromatic heterocycles. The van der Waals surface area contributed by atoms with Crippen LogP contribution >= 0.6 is 0 Å². The number of aromatic nitrogens is 2. The minimum atomic E-state index is -1.90. The van der Waals surface area contributed by atoms with Crippen molar-refractivity contribution in [3.63, 3.8) is 0 Å². The number of rotatable bonds is 3. The molecular formula is C4H7BN2O4. The van der Waals surface area contributed by atoms with E-state index in [0.717, 1.165) is 0 Å². The Morgan fingerprint density at radius 3 is 2.82 bits per heavy atom. The Morgan fingerprint density at radius 2 is 2.36 bits per heavy atom. The molecular weight excluding hydrogens is 151 g/mol. The topological polar surface area (TPSA) is 98.6 Å². The summed E-state index contributed by atoms with van der Waals surface area (Å²) in [5, 5.41) is 25.1. The van der Waals surface area contributed by atoms with Gasteiger partial charge in [-0.1, -0.05) is 0 Å². The highest BCUT2D eigenvalue weighted by Crippen LogP contribution is 2.04. The molecule has 0 aliphatic rings. The van der Waals surface area contributed by atoms with Crippen LogP contribution in [0.2, 0.25) is 0 Å².